The zero-order valence-electron chi connectivity index (χ0n) is 9.17. The maximum Gasteiger partial charge on any atom is 0.322 e. The number of oxime groups is 1. The molecule has 0 bridgehead atoms. The normalized spacial score (nSPS) is 10.3. The van der Waals surface area contributed by atoms with E-state index in [0.29, 0.717) is 5.56 Å². The lowest BCUT2D eigenvalue weighted by Crippen LogP contribution is -2.31. The Hall–Kier alpha value is -2.15. The molecule has 0 aromatic carbocycles. The topological polar surface area (TPSA) is 101 Å². The van der Waals surface area contributed by atoms with Crippen molar-refractivity contribution in [2.24, 2.45) is 5.16 Å². The van der Waals surface area contributed by atoms with E-state index < -0.39 is 18.4 Å². The highest BCUT2D eigenvalue weighted by Crippen LogP contribution is 2.08. The largest absolute Gasteiger partial charge is 0.480 e. The molecule has 1 aromatic heterocycles. The number of nitrogens with one attached hydrogen (secondary N) is 1. The summed E-state index contributed by atoms with van der Waals surface area (Å²) >= 11 is 5.75. The average molecular weight is 272 g/mol. The molecule has 0 aliphatic carbocycles. The monoisotopic (exact) mass is 271 g/mol. The lowest BCUT2D eigenvalue weighted by molar-refractivity contribution is -0.138. The maximum absolute atomic E-state index is 11.0. The first-order valence-electron chi connectivity index (χ1n) is 4.84. The first-order chi connectivity index (χ1) is 8.59. The summed E-state index contributed by atoms with van der Waals surface area (Å²) in [7, 11) is 0. The summed E-state index contributed by atoms with van der Waals surface area (Å²) in [5.74, 6) is -1.71. The van der Waals surface area contributed by atoms with Crippen molar-refractivity contribution in [2.45, 2.75) is 0 Å². The number of carbonyl (C=O) groups is 2. The van der Waals surface area contributed by atoms with Crippen LogP contribution in [0.15, 0.2) is 23.5 Å². The molecule has 0 atom stereocenters. The zero-order valence-corrected chi connectivity index (χ0v) is 9.92. The van der Waals surface area contributed by atoms with Gasteiger partial charge in [-0.15, -0.1) is 0 Å². The molecule has 0 aliphatic heterocycles. The molecule has 0 aliphatic rings. The van der Waals surface area contributed by atoms with E-state index in [4.69, 9.17) is 16.7 Å². The Labute approximate surface area is 107 Å². The number of rotatable bonds is 6. The summed E-state index contributed by atoms with van der Waals surface area (Å²) in [6.45, 7) is -0.831. The van der Waals surface area contributed by atoms with Crippen LogP contribution >= 0.6 is 11.6 Å². The molecule has 96 valence electrons. The van der Waals surface area contributed by atoms with Gasteiger partial charge in [0, 0.05) is 11.8 Å². The third-order valence-corrected chi connectivity index (χ3v) is 2.00. The van der Waals surface area contributed by atoms with Gasteiger partial charge < -0.3 is 15.3 Å². The van der Waals surface area contributed by atoms with Crippen LogP contribution < -0.4 is 5.32 Å². The predicted molar refractivity (Wildman–Crippen MR) is 63.4 cm³/mol. The van der Waals surface area contributed by atoms with Crippen molar-refractivity contribution in [2.75, 3.05) is 13.2 Å². The van der Waals surface area contributed by atoms with E-state index in [9.17, 15) is 9.59 Å². The van der Waals surface area contributed by atoms with Crippen molar-refractivity contribution >= 4 is 29.7 Å². The van der Waals surface area contributed by atoms with Crippen LogP contribution in [0.1, 0.15) is 5.56 Å². The van der Waals surface area contributed by atoms with Crippen LogP contribution in [0.3, 0.4) is 0 Å². The molecule has 0 unspecified atom stereocenters. The Bertz CT molecular complexity index is 464. The number of aromatic nitrogens is 1. The predicted octanol–water partition coefficient (Wildman–Crippen LogP) is 0.286. The second-order valence-corrected chi connectivity index (χ2v) is 3.42. The molecule has 0 radical (unpaired) electrons. The Morgan fingerprint density at radius 3 is 3.06 bits per heavy atom. The molecule has 7 nitrogen and oxygen atoms in total. The molecule has 0 spiro atoms. The smallest absolute Gasteiger partial charge is 0.322 e. The quantitative estimate of drug-likeness (QED) is 0.440. The van der Waals surface area contributed by atoms with Gasteiger partial charge in [0.2, 0.25) is 0 Å². The van der Waals surface area contributed by atoms with Crippen LogP contribution in [0.2, 0.25) is 5.15 Å². The van der Waals surface area contributed by atoms with Crippen LogP contribution in [0.4, 0.5) is 0 Å². The van der Waals surface area contributed by atoms with E-state index >= 15 is 0 Å². The number of hydrogen-bond donors (Lipinski definition) is 2. The van der Waals surface area contributed by atoms with Gasteiger partial charge in [-0.3, -0.25) is 9.59 Å². The highest BCUT2D eigenvalue weighted by Gasteiger charge is 2.03. The number of halogens is 1. The minimum Gasteiger partial charge on any atom is -0.480 e. The first-order valence-corrected chi connectivity index (χ1v) is 5.21. The number of carbonyl (C=O) groups excluding carboxylic acids is 1. The van der Waals surface area contributed by atoms with E-state index in [2.05, 4.69) is 20.3 Å². The summed E-state index contributed by atoms with van der Waals surface area (Å²) in [5.41, 5.74) is 0.546. The van der Waals surface area contributed by atoms with Crippen molar-refractivity contribution in [3.05, 3.63) is 29.0 Å². The molecule has 0 fully saturated rings. The Balaban J connectivity index is 2.31. The molecule has 2 N–H and O–H groups in total. The van der Waals surface area contributed by atoms with E-state index in [1.54, 1.807) is 12.1 Å². The Kier molecular flexibility index (Phi) is 5.59. The van der Waals surface area contributed by atoms with Crippen molar-refractivity contribution in [3.8, 4) is 0 Å². The fraction of sp³-hybridized carbons (Fsp3) is 0.200. The van der Waals surface area contributed by atoms with E-state index in [1.165, 1.54) is 12.4 Å². The summed E-state index contributed by atoms with van der Waals surface area (Å²) in [5, 5.41) is 14.2. The molecule has 1 rings (SSSR count). The van der Waals surface area contributed by atoms with E-state index in [-0.39, 0.29) is 11.8 Å². The van der Waals surface area contributed by atoms with Crippen LogP contribution in [0.25, 0.3) is 0 Å². The van der Waals surface area contributed by atoms with Crippen molar-refractivity contribution in [1.82, 2.24) is 10.3 Å². The Morgan fingerprint density at radius 2 is 2.39 bits per heavy atom. The molecular formula is C10H10ClN3O4. The Morgan fingerprint density at radius 1 is 1.61 bits per heavy atom. The van der Waals surface area contributed by atoms with Crippen molar-refractivity contribution < 1.29 is 19.5 Å². The lowest BCUT2D eigenvalue weighted by atomic mass is 10.3. The number of hydrogen-bond acceptors (Lipinski definition) is 5. The highest BCUT2D eigenvalue weighted by molar-refractivity contribution is 6.31. The minimum atomic E-state index is -1.13. The number of carboxylic acid groups (broad SMARTS) is 1. The van der Waals surface area contributed by atoms with Gasteiger partial charge in [-0.2, -0.15) is 0 Å². The molecule has 1 amide bonds. The molecule has 18 heavy (non-hydrogen) atoms. The summed E-state index contributed by atoms with van der Waals surface area (Å²) < 4.78 is 0. The van der Waals surface area contributed by atoms with Gasteiger partial charge in [-0.1, -0.05) is 16.8 Å². The van der Waals surface area contributed by atoms with Crippen LogP contribution in [-0.2, 0) is 14.4 Å². The fourth-order valence-electron chi connectivity index (χ4n) is 0.910. The van der Waals surface area contributed by atoms with Crippen molar-refractivity contribution in [3.63, 3.8) is 0 Å². The fourth-order valence-corrected chi connectivity index (χ4v) is 1.08. The number of aliphatic carboxylic acids is 1. The summed E-state index contributed by atoms with van der Waals surface area (Å²) in [6, 6.07) is 3.35. The lowest BCUT2D eigenvalue weighted by Gasteiger charge is -2.00. The minimum absolute atomic E-state index is 0.264. The van der Waals surface area contributed by atoms with Gasteiger partial charge in [0.05, 0.1) is 6.21 Å². The van der Waals surface area contributed by atoms with Gasteiger partial charge in [0.1, 0.15) is 11.7 Å². The molecular weight excluding hydrogens is 262 g/mol. The third kappa shape index (κ3) is 5.26. The molecule has 0 saturated carbocycles. The molecule has 1 heterocycles. The van der Waals surface area contributed by atoms with Crippen LogP contribution in [0, 0.1) is 0 Å². The molecule has 8 heteroatoms. The van der Waals surface area contributed by atoms with Gasteiger partial charge in [-0.25, -0.2) is 4.98 Å². The molecule has 0 saturated heterocycles. The third-order valence-electron chi connectivity index (χ3n) is 1.69. The second kappa shape index (κ2) is 7.23. The maximum atomic E-state index is 11.0. The highest BCUT2D eigenvalue weighted by atomic mass is 35.5. The van der Waals surface area contributed by atoms with Crippen molar-refractivity contribution in [1.29, 1.82) is 0 Å². The van der Waals surface area contributed by atoms with Crippen LogP contribution in [0.5, 0.6) is 0 Å². The van der Waals surface area contributed by atoms with E-state index in [0.717, 1.165) is 0 Å². The van der Waals surface area contributed by atoms with E-state index in [1.807, 2.05) is 0 Å². The number of pyridine rings is 1. The number of carboxylic acids is 1. The van der Waals surface area contributed by atoms with Gasteiger partial charge in [-0.05, 0) is 12.1 Å². The van der Waals surface area contributed by atoms with Gasteiger partial charge >= 0.3 is 5.97 Å². The summed E-state index contributed by atoms with van der Waals surface area (Å²) in [4.78, 5) is 29.6. The zero-order chi connectivity index (χ0) is 13.4. The second-order valence-electron chi connectivity index (χ2n) is 3.06. The SMILES string of the molecule is O=C(O)CNC(=O)CON=Cc1cccnc1Cl. The van der Waals surface area contributed by atoms with Gasteiger partial charge in [0.25, 0.3) is 5.91 Å². The number of amides is 1. The van der Waals surface area contributed by atoms with Gasteiger partial charge in [0.15, 0.2) is 6.61 Å². The van der Waals surface area contributed by atoms with Crippen LogP contribution in [-0.4, -0.2) is 41.3 Å². The summed E-state index contributed by atoms with van der Waals surface area (Å²) in [6.07, 6.45) is 2.83. The average Bonchev–Trinajstić information content (AvgIpc) is 2.34. The first kappa shape index (κ1) is 13.9. The molecule has 1 aromatic rings. The standard InChI is InChI=1S/C10H10ClN3O4/c11-10-7(2-1-3-12-10)4-14-18-6-8(15)13-5-9(16)17/h1-4H,5-6H2,(H,13,15)(H,16,17). The number of nitrogens with zero attached hydrogens (tertiary/aromatic N) is 2.